The molecule has 4 aromatic rings. The zero-order chi connectivity index (χ0) is 13.4. The number of hydrogen-bond donors (Lipinski definition) is 1. The summed E-state index contributed by atoms with van der Waals surface area (Å²) < 4.78 is 5.27. The van der Waals surface area contributed by atoms with Crippen molar-refractivity contribution in [3.05, 3.63) is 54.9 Å². The second kappa shape index (κ2) is 4.31. The molecule has 0 aliphatic heterocycles. The smallest absolute Gasteiger partial charge is 0.245 e. The molecular weight excluding hydrogens is 252 g/mol. The molecule has 20 heavy (non-hydrogen) atoms. The molecule has 3 heterocycles. The molecule has 5 heteroatoms. The first kappa shape index (κ1) is 10.9. The number of H-pyrrole nitrogens is 1. The third-order valence-corrected chi connectivity index (χ3v) is 3.03. The highest BCUT2D eigenvalue weighted by molar-refractivity contribution is 5.78. The lowest BCUT2D eigenvalue weighted by Gasteiger charge is -1.98. The maximum Gasteiger partial charge on any atom is 0.245 e. The molecule has 0 radical (unpaired) electrons. The molecule has 0 atom stereocenters. The minimum absolute atomic E-state index is 0.503. The van der Waals surface area contributed by atoms with Crippen LogP contribution in [0.5, 0.6) is 0 Å². The number of benzene rings is 1. The monoisotopic (exact) mass is 262 g/mol. The molecule has 4 rings (SSSR count). The number of aromatic nitrogens is 4. The Hall–Kier alpha value is -2.95. The Bertz CT molecular complexity index is 831. The molecule has 0 aliphatic carbocycles. The largest absolute Gasteiger partial charge is 0.443 e. The lowest BCUT2D eigenvalue weighted by atomic mass is 10.3. The molecule has 0 spiro atoms. The van der Waals surface area contributed by atoms with Crippen molar-refractivity contribution >= 4 is 11.0 Å². The summed E-state index contributed by atoms with van der Waals surface area (Å²) in [5.41, 5.74) is 3.36. The standard InChI is InChI=1S/C15H10N4O/c1-2-5-11-10(4-1)18-14(19-11)12-6-3-7-13(17-12)15-16-8-9-20-15/h1-9H,(H,18,19). The predicted molar refractivity (Wildman–Crippen MR) is 74.8 cm³/mol. The number of oxazole rings is 1. The first-order chi connectivity index (χ1) is 9.90. The predicted octanol–water partition coefficient (Wildman–Crippen LogP) is 3.28. The Morgan fingerprint density at radius 2 is 1.80 bits per heavy atom. The van der Waals surface area contributed by atoms with Crippen LogP contribution in [-0.2, 0) is 0 Å². The fraction of sp³-hybridized carbons (Fsp3) is 0. The van der Waals surface area contributed by atoms with Gasteiger partial charge in [0.1, 0.15) is 17.7 Å². The molecule has 0 aliphatic rings. The molecule has 0 amide bonds. The van der Waals surface area contributed by atoms with E-state index >= 15 is 0 Å². The van der Waals surface area contributed by atoms with Crippen molar-refractivity contribution in [1.82, 2.24) is 19.9 Å². The highest BCUT2D eigenvalue weighted by Crippen LogP contribution is 2.21. The molecule has 0 unspecified atom stereocenters. The summed E-state index contributed by atoms with van der Waals surface area (Å²) in [4.78, 5) is 16.4. The van der Waals surface area contributed by atoms with Gasteiger partial charge < -0.3 is 9.40 Å². The SMILES string of the molecule is c1cc(-c2nc3ccccc3[nH]2)nc(-c2ncco2)c1. The third-order valence-electron chi connectivity index (χ3n) is 3.03. The van der Waals surface area contributed by atoms with Gasteiger partial charge in [0, 0.05) is 0 Å². The molecule has 0 bridgehead atoms. The average Bonchev–Trinajstić information content (AvgIpc) is 3.16. The minimum atomic E-state index is 0.503. The van der Waals surface area contributed by atoms with Gasteiger partial charge >= 0.3 is 0 Å². The van der Waals surface area contributed by atoms with Crippen LogP contribution in [0, 0.1) is 0 Å². The third kappa shape index (κ3) is 1.76. The Morgan fingerprint density at radius 1 is 0.900 bits per heavy atom. The molecule has 0 fully saturated rings. The summed E-state index contributed by atoms with van der Waals surface area (Å²) in [7, 11) is 0. The van der Waals surface area contributed by atoms with Crippen LogP contribution in [0.15, 0.2) is 59.3 Å². The van der Waals surface area contributed by atoms with Crippen molar-refractivity contribution in [3.8, 4) is 23.1 Å². The maximum atomic E-state index is 5.27. The lowest BCUT2D eigenvalue weighted by Crippen LogP contribution is -1.89. The van der Waals surface area contributed by atoms with E-state index in [1.807, 2.05) is 42.5 Å². The summed E-state index contributed by atoms with van der Waals surface area (Å²) in [5.74, 6) is 1.24. The Kier molecular flexibility index (Phi) is 2.35. The number of nitrogens with one attached hydrogen (secondary N) is 1. The zero-order valence-corrected chi connectivity index (χ0v) is 10.4. The first-order valence-corrected chi connectivity index (χ1v) is 6.22. The van der Waals surface area contributed by atoms with E-state index in [-0.39, 0.29) is 0 Å². The van der Waals surface area contributed by atoms with E-state index in [9.17, 15) is 0 Å². The Morgan fingerprint density at radius 3 is 2.65 bits per heavy atom. The van der Waals surface area contributed by atoms with Crippen LogP contribution in [0.4, 0.5) is 0 Å². The quantitative estimate of drug-likeness (QED) is 0.602. The average molecular weight is 262 g/mol. The fourth-order valence-corrected chi connectivity index (χ4v) is 2.11. The summed E-state index contributed by atoms with van der Waals surface area (Å²) in [6.07, 6.45) is 3.13. The Balaban J connectivity index is 1.84. The van der Waals surface area contributed by atoms with Crippen molar-refractivity contribution in [3.63, 3.8) is 0 Å². The zero-order valence-electron chi connectivity index (χ0n) is 10.4. The van der Waals surface area contributed by atoms with E-state index in [4.69, 9.17) is 4.42 Å². The normalized spacial score (nSPS) is 11.0. The van der Waals surface area contributed by atoms with Crippen molar-refractivity contribution in [2.45, 2.75) is 0 Å². The molecule has 1 aromatic carbocycles. The van der Waals surface area contributed by atoms with E-state index in [2.05, 4.69) is 19.9 Å². The van der Waals surface area contributed by atoms with Crippen LogP contribution in [0.3, 0.4) is 0 Å². The fourth-order valence-electron chi connectivity index (χ4n) is 2.11. The van der Waals surface area contributed by atoms with Gasteiger partial charge in [-0.2, -0.15) is 0 Å². The van der Waals surface area contributed by atoms with Gasteiger partial charge in [0.15, 0.2) is 5.82 Å². The Labute approximate surface area is 114 Å². The second-order valence-corrected chi connectivity index (χ2v) is 4.35. The topological polar surface area (TPSA) is 67.6 Å². The summed E-state index contributed by atoms with van der Waals surface area (Å²) in [6.45, 7) is 0. The van der Waals surface area contributed by atoms with Gasteiger partial charge in [-0.15, -0.1) is 0 Å². The van der Waals surface area contributed by atoms with Gasteiger partial charge in [-0.1, -0.05) is 18.2 Å². The number of pyridine rings is 1. The number of imidazole rings is 1. The van der Waals surface area contributed by atoms with Gasteiger partial charge in [-0.05, 0) is 24.3 Å². The van der Waals surface area contributed by atoms with Crippen LogP contribution >= 0.6 is 0 Å². The first-order valence-electron chi connectivity index (χ1n) is 6.22. The summed E-state index contributed by atoms with van der Waals surface area (Å²) in [6, 6.07) is 13.6. The second-order valence-electron chi connectivity index (χ2n) is 4.35. The number of rotatable bonds is 2. The van der Waals surface area contributed by atoms with Crippen LogP contribution in [0.1, 0.15) is 0 Å². The van der Waals surface area contributed by atoms with Gasteiger partial charge in [0.05, 0.1) is 17.2 Å². The molecule has 1 N–H and O–H groups in total. The van der Waals surface area contributed by atoms with Crippen molar-refractivity contribution in [1.29, 1.82) is 0 Å². The van der Waals surface area contributed by atoms with Crippen molar-refractivity contribution in [2.75, 3.05) is 0 Å². The van der Waals surface area contributed by atoms with Gasteiger partial charge in [-0.3, -0.25) is 0 Å². The van der Waals surface area contributed by atoms with Gasteiger partial charge in [0.2, 0.25) is 5.89 Å². The maximum absolute atomic E-state index is 5.27. The van der Waals surface area contributed by atoms with Crippen LogP contribution in [0.25, 0.3) is 34.1 Å². The van der Waals surface area contributed by atoms with Crippen LogP contribution < -0.4 is 0 Å². The highest BCUT2D eigenvalue weighted by atomic mass is 16.3. The van der Waals surface area contributed by atoms with Crippen LogP contribution in [-0.4, -0.2) is 19.9 Å². The number of aromatic amines is 1. The summed E-state index contributed by atoms with van der Waals surface area (Å²) >= 11 is 0. The number of para-hydroxylation sites is 2. The molecule has 3 aromatic heterocycles. The number of nitrogens with zero attached hydrogens (tertiary/aromatic N) is 3. The van der Waals surface area contributed by atoms with E-state index in [0.717, 1.165) is 22.6 Å². The van der Waals surface area contributed by atoms with E-state index in [1.54, 1.807) is 6.20 Å². The molecule has 5 nitrogen and oxygen atoms in total. The highest BCUT2D eigenvalue weighted by Gasteiger charge is 2.09. The lowest BCUT2D eigenvalue weighted by molar-refractivity contribution is 0.572. The molecule has 96 valence electrons. The van der Waals surface area contributed by atoms with Gasteiger partial charge in [-0.25, -0.2) is 15.0 Å². The number of fused-ring (bicyclic) bond motifs is 1. The van der Waals surface area contributed by atoms with Crippen molar-refractivity contribution in [2.24, 2.45) is 0 Å². The van der Waals surface area contributed by atoms with E-state index in [1.165, 1.54) is 6.26 Å². The van der Waals surface area contributed by atoms with E-state index < -0.39 is 0 Å². The minimum Gasteiger partial charge on any atom is -0.443 e. The molecular formula is C15H10N4O. The van der Waals surface area contributed by atoms with E-state index in [0.29, 0.717) is 11.6 Å². The molecule has 0 saturated heterocycles. The van der Waals surface area contributed by atoms with Crippen LogP contribution in [0.2, 0.25) is 0 Å². The number of hydrogen-bond acceptors (Lipinski definition) is 4. The summed E-state index contributed by atoms with van der Waals surface area (Å²) in [5, 5.41) is 0. The van der Waals surface area contributed by atoms with Crippen molar-refractivity contribution < 1.29 is 4.42 Å². The van der Waals surface area contributed by atoms with Gasteiger partial charge in [0.25, 0.3) is 0 Å². The molecule has 0 saturated carbocycles.